The lowest BCUT2D eigenvalue weighted by atomic mass is 10.1. The summed E-state index contributed by atoms with van der Waals surface area (Å²) >= 11 is 6.05. The maximum atomic E-state index is 13.9. The molecule has 0 fully saturated rings. The van der Waals surface area contributed by atoms with Gasteiger partial charge in [-0.15, -0.1) is 0 Å². The van der Waals surface area contributed by atoms with Crippen LogP contribution in [0, 0.1) is 5.82 Å². The maximum Gasteiger partial charge on any atom is 0.343 e. The smallest absolute Gasteiger partial charge is 0.343 e. The number of benzene rings is 1. The van der Waals surface area contributed by atoms with Crippen molar-refractivity contribution < 1.29 is 23.5 Å². The first kappa shape index (κ1) is 19.4. The number of rotatable bonds is 5. The third kappa shape index (κ3) is 6.15. The van der Waals surface area contributed by atoms with E-state index in [9.17, 15) is 14.0 Å². The summed E-state index contributed by atoms with van der Waals surface area (Å²) in [5, 5.41) is 2.27. The van der Waals surface area contributed by atoms with E-state index < -0.39 is 28.9 Å². The summed E-state index contributed by atoms with van der Waals surface area (Å²) in [6.07, 6.45) is -0.109. The number of ether oxygens (including phenoxy) is 2. The van der Waals surface area contributed by atoms with E-state index in [0.29, 0.717) is 0 Å². The fraction of sp³-hybridized carbons (Fsp3) is 0.500. The van der Waals surface area contributed by atoms with Gasteiger partial charge in [0.25, 0.3) is 0 Å². The topological polar surface area (TPSA) is 64.6 Å². The van der Waals surface area contributed by atoms with Gasteiger partial charge in [0.2, 0.25) is 5.91 Å². The van der Waals surface area contributed by atoms with E-state index in [1.165, 1.54) is 6.07 Å². The lowest BCUT2D eigenvalue weighted by Gasteiger charge is -2.20. The van der Waals surface area contributed by atoms with E-state index in [2.05, 4.69) is 5.32 Å². The number of esters is 1. The number of hydrogen-bond donors (Lipinski definition) is 1. The Labute approximate surface area is 140 Å². The highest BCUT2D eigenvalue weighted by atomic mass is 35.5. The minimum absolute atomic E-state index is 0.109. The van der Waals surface area contributed by atoms with Crippen LogP contribution < -0.4 is 5.32 Å². The van der Waals surface area contributed by atoms with Gasteiger partial charge in [0.05, 0.1) is 16.8 Å². The third-order valence-corrected chi connectivity index (χ3v) is 2.91. The van der Waals surface area contributed by atoms with Crippen LogP contribution in [-0.2, 0) is 14.3 Å². The monoisotopic (exact) mass is 345 g/mol. The number of halogens is 2. The second kappa shape index (κ2) is 7.75. The van der Waals surface area contributed by atoms with Crippen molar-refractivity contribution in [2.75, 3.05) is 11.9 Å². The molecular formula is C16H21ClFNO4. The zero-order chi connectivity index (χ0) is 17.8. The van der Waals surface area contributed by atoms with Crippen molar-refractivity contribution in [3.05, 3.63) is 28.5 Å². The van der Waals surface area contributed by atoms with Gasteiger partial charge in [-0.25, -0.2) is 9.18 Å². The van der Waals surface area contributed by atoms with E-state index in [1.54, 1.807) is 34.6 Å². The van der Waals surface area contributed by atoms with Crippen molar-refractivity contribution in [2.45, 2.75) is 46.3 Å². The molecule has 0 bridgehead atoms. The van der Waals surface area contributed by atoms with Crippen molar-refractivity contribution in [1.82, 2.24) is 0 Å². The molecule has 0 atom stereocenters. The minimum atomic E-state index is -0.894. The van der Waals surface area contributed by atoms with Crippen LogP contribution >= 0.6 is 11.6 Å². The molecule has 0 aliphatic heterocycles. The van der Waals surface area contributed by atoms with Gasteiger partial charge in [0.15, 0.2) is 0 Å². The Balaban J connectivity index is 2.98. The largest absolute Gasteiger partial charge is 0.456 e. The minimum Gasteiger partial charge on any atom is -0.456 e. The summed E-state index contributed by atoms with van der Waals surface area (Å²) < 4.78 is 24.2. The molecule has 0 aliphatic carbocycles. The Hall–Kier alpha value is -1.66. The molecule has 7 heteroatoms. The molecule has 0 heterocycles. The van der Waals surface area contributed by atoms with Crippen LogP contribution in [-0.4, -0.2) is 30.2 Å². The highest BCUT2D eigenvalue weighted by Crippen LogP contribution is 2.30. The Morgan fingerprint density at radius 1 is 1.30 bits per heavy atom. The number of anilines is 1. The molecule has 1 aromatic carbocycles. The van der Waals surface area contributed by atoms with Gasteiger partial charge in [0, 0.05) is 0 Å². The molecule has 0 radical (unpaired) electrons. The first-order valence-electron chi connectivity index (χ1n) is 7.14. The van der Waals surface area contributed by atoms with Gasteiger partial charge >= 0.3 is 5.97 Å². The van der Waals surface area contributed by atoms with Gasteiger partial charge in [0.1, 0.15) is 23.6 Å². The van der Waals surface area contributed by atoms with Crippen LogP contribution in [0.2, 0.25) is 5.02 Å². The standard InChI is InChI=1S/C16H21ClFNO4/c1-9(2)22-8-12(20)19-11-7-6-10(18)13(14(11)17)15(21)23-16(3,4)5/h6-7,9H,8H2,1-5H3,(H,19,20). The van der Waals surface area contributed by atoms with Crippen LogP contribution in [0.15, 0.2) is 12.1 Å². The molecule has 1 aromatic rings. The fourth-order valence-electron chi connectivity index (χ4n) is 1.59. The summed E-state index contributed by atoms with van der Waals surface area (Å²) in [6.45, 7) is 8.38. The van der Waals surface area contributed by atoms with Crippen molar-refractivity contribution in [3.8, 4) is 0 Å². The molecule has 1 amide bonds. The van der Waals surface area contributed by atoms with Crippen molar-refractivity contribution >= 4 is 29.2 Å². The Kier molecular flexibility index (Phi) is 6.53. The molecule has 1 rings (SSSR count). The number of amides is 1. The molecule has 0 aliphatic rings. The zero-order valence-corrected chi connectivity index (χ0v) is 14.6. The number of nitrogens with one attached hydrogen (secondary N) is 1. The number of carbonyl (C=O) groups is 2. The van der Waals surface area contributed by atoms with Gasteiger partial charge in [-0.3, -0.25) is 4.79 Å². The van der Waals surface area contributed by atoms with Crippen molar-refractivity contribution in [2.24, 2.45) is 0 Å². The molecule has 128 valence electrons. The zero-order valence-electron chi connectivity index (χ0n) is 13.8. The van der Waals surface area contributed by atoms with E-state index >= 15 is 0 Å². The van der Waals surface area contributed by atoms with Gasteiger partial charge < -0.3 is 14.8 Å². The summed E-state index contributed by atoms with van der Waals surface area (Å²) in [4.78, 5) is 23.8. The van der Waals surface area contributed by atoms with Crippen molar-refractivity contribution in [3.63, 3.8) is 0 Å². The van der Waals surface area contributed by atoms with Gasteiger partial charge in [-0.1, -0.05) is 11.6 Å². The first-order chi connectivity index (χ1) is 10.5. The van der Waals surface area contributed by atoms with Crippen molar-refractivity contribution in [1.29, 1.82) is 0 Å². The SMILES string of the molecule is CC(C)OCC(=O)Nc1ccc(F)c(C(=O)OC(C)(C)C)c1Cl. The molecular weight excluding hydrogens is 325 g/mol. The van der Waals surface area contributed by atoms with Gasteiger partial charge in [-0.05, 0) is 46.8 Å². The van der Waals surface area contributed by atoms with Gasteiger partial charge in [-0.2, -0.15) is 0 Å². The van der Waals surface area contributed by atoms with Crippen LogP contribution in [0.4, 0.5) is 10.1 Å². The lowest BCUT2D eigenvalue weighted by Crippen LogP contribution is -2.25. The number of carbonyl (C=O) groups excluding carboxylic acids is 2. The van der Waals surface area contributed by atoms with E-state index in [4.69, 9.17) is 21.1 Å². The fourth-order valence-corrected chi connectivity index (χ4v) is 1.87. The normalized spacial score (nSPS) is 11.5. The second-order valence-electron chi connectivity index (χ2n) is 6.19. The van der Waals surface area contributed by atoms with Crippen LogP contribution in [0.1, 0.15) is 45.0 Å². The average Bonchev–Trinajstić information content (AvgIpc) is 2.38. The van der Waals surface area contributed by atoms with Crippen LogP contribution in [0.5, 0.6) is 0 Å². The summed E-state index contributed by atoms with van der Waals surface area (Å²) in [7, 11) is 0. The van der Waals surface area contributed by atoms with E-state index in [-0.39, 0.29) is 23.4 Å². The summed E-state index contributed by atoms with van der Waals surface area (Å²) in [5.41, 5.74) is -1.09. The molecule has 0 spiro atoms. The Morgan fingerprint density at radius 2 is 1.91 bits per heavy atom. The van der Waals surface area contributed by atoms with Crippen LogP contribution in [0.25, 0.3) is 0 Å². The highest BCUT2D eigenvalue weighted by Gasteiger charge is 2.25. The third-order valence-electron chi connectivity index (χ3n) is 2.52. The summed E-state index contributed by atoms with van der Waals surface area (Å²) in [6, 6.07) is 2.32. The maximum absolute atomic E-state index is 13.9. The Bertz CT molecular complexity index is 596. The second-order valence-corrected chi connectivity index (χ2v) is 6.57. The summed E-state index contributed by atoms with van der Waals surface area (Å²) in [5.74, 6) is -2.17. The number of hydrogen-bond acceptors (Lipinski definition) is 4. The quantitative estimate of drug-likeness (QED) is 0.824. The first-order valence-corrected chi connectivity index (χ1v) is 7.52. The highest BCUT2D eigenvalue weighted by molar-refractivity contribution is 6.36. The lowest BCUT2D eigenvalue weighted by molar-refractivity contribution is -0.121. The van der Waals surface area contributed by atoms with E-state index in [0.717, 1.165) is 6.07 Å². The molecule has 0 saturated heterocycles. The van der Waals surface area contributed by atoms with Crippen LogP contribution in [0.3, 0.4) is 0 Å². The molecule has 1 N–H and O–H groups in total. The van der Waals surface area contributed by atoms with E-state index in [1.807, 2.05) is 0 Å². The molecule has 0 saturated carbocycles. The molecule has 5 nitrogen and oxygen atoms in total. The Morgan fingerprint density at radius 3 is 2.43 bits per heavy atom. The molecule has 23 heavy (non-hydrogen) atoms. The molecule has 0 aromatic heterocycles. The predicted octanol–water partition coefficient (Wildman–Crippen LogP) is 3.80. The molecule has 0 unspecified atom stereocenters. The average molecular weight is 346 g/mol. The predicted molar refractivity (Wildman–Crippen MR) is 86.3 cm³/mol.